The first-order valence-corrected chi connectivity index (χ1v) is 10.0. The maximum absolute atomic E-state index is 12.4. The van der Waals surface area contributed by atoms with E-state index in [1.54, 1.807) is 29.2 Å². The number of ether oxygens (including phenoxy) is 1. The zero-order valence-corrected chi connectivity index (χ0v) is 17.2. The SMILES string of the molecule is CCNC(=NCc1ccc(OCC(F)(F)F)cc1)N1CCN(C(=O)c2ccco2)CC1. The minimum atomic E-state index is -4.36. The Hall–Kier alpha value is -3.17. The third kappa shape index (κ3) is 6.66. The van der Waals surface area contributed by atoms with Crippen molar-refractivity contribution in [3.8, 4) is 5.75 Å². The second-order valence-electron chi connectivity index (χ2n) is 6.97. The summed E-state index contributed by atoms with van der Waals surface area (Å²) >= 11 is 0. The van der Waals surface area contributed by atoms with E-state index < -0.39 is 12.8 Å². The molecule has 3 rings (SSSR count). The predicted molar refractivity (Wildman–Crippen MR) is 109 cm³/mol. The van der Waals surface area contributed by atoms with Gasteiger partial charge in [-0.3, -0.25) is 4.79 Å². The average Bonchev–Trinajstić information content (AvgIpc) is 3.30. The predicted octanol–water partition coefficient (Wildman–Crippen LogP) is 3.14. The number of guanidine groups is 1. The van der Waals surface area contributed by atoms with Gasteiger partial charge in [-0.15, -0.1) is 0 Å². The number of nitrogens with zero attached hydrogens (tertiary/aromatic N) is 3. The van der Waals surface area contributed by atoms with Crippen LogP contribution in [-0.4, -0.2) is 67.2 Å². The number of carbonyl (C=O) groups is 1. The molecule has 0 atom stereocenters. The van der Waals surface area contributed by atoms with Gasteiger partial charge in [0.25, 0.3) is 5.91 Å². The summed E-state index contributed by atoms with van der Waals surface area (Å²) in [5.74, 6) is 1.09. The van der Waals surface area contributed by atoms with Crippen LogP contribution in [0.3, 0.4) is 0 Å². The van der Waals surface area contributed by atoms with E-state index >= 15 is 0 Å². The van der Waals surface area contributed by atoms with Crippen molar-refractivity contribution in [3.05, 3.63) is 54.0 Å². The number of amides is 1. The summed E-state index contributed by atoms with van der Waals surface area (Å²) in [4.78, 5) is 20.9. The van der Waals surface area contributed by atoms with Crippen LogP contribution in [-0.2, 0) is 6.54 Å². The summed E-state index contributed by atoms with van der Waals surface area (Å²) in [6, 6.07) is 9.73. The fourth-order valence-electron chi connectivity index (χ4n) is 3.13. The molecule has 0 bridgehead atoms. The molecule has 0 radical (unpaired) electrons. The van der Waals surface area contributed by atoms with Gasteiger partial charge in [-0.1, -0.05) is 12.1 Å². The molecule has 31 heavy (non-hydrogen) atoms. The Bertz CT molecular complexity index is 859. The van der Waals surface area contributed by atoms with Gasteiger partial charge in [-0.25, -0.2) is 4.99 Å². The van der Waals surface area contributed by atoms with Crippen LogP contribution in [0.4, 0.5) is 13.2 Å². The minimum Gasteiger partial charge on any atom is -0.484 e. The molecule has 10 heteroatoms. The highest BCUT2D eigenvalue weighted by Gasteiger charge is 2.28. The standard InChI is InChI=1S/C21H25F3N4O3/c1-2-25-20(26-14-16-5-7-17(8-6-16)31-15-21(22,23)24)28-11-9-27(10-12-28)19(29)18-4-3-13-30-18/h3-8,13H,2,9-12,14-15H2,1H3,(H,25,26). The number of rotatable bonds is 6. The number of hydrogen-bond donors (Lipinski definition) is 1. The lowest BCUT2D eigenvalue weighted by Gasteiger charge is -2.36. The zero-order chi connectivity index (χ0) is 22.3. The lowest BCUT2D eigenvalue weighted by Crippen LogP contribution is -2.53. The third-order valence-corrected chi connectivity index (χ3v) is 4.67. The number of halogens is 3. The molecule has 1 aromatic carbocycles. The molecule has 1 aliphatic heterocycles. The number of furan rings is 1. The van der Waals surface area contributed by atoms with Gasteiger partial charge in [0.2, 0.25) is 0 Å². The number of hydrogen-bond acceptors (Lipinski definition) is 4. The van der Waals surface area contributed by atoms with E-state index in [2.05, 4.69) is 15.2 Å². The van der Waals surface area contributed by atoms with E-state index in [0.29, 0.717) is 45.0 Å². The molecule has 2 heterocycles. The lowest BCUT2D eigenvalue weighted by atomic mass is 10.2. The van der Waals surface area contributed by atoms with Crippen LogP contribution < -0.4 is 10.1 Å². The second kappa shape index (κ2) is 10.2. The number of benzene rings is 1. The van der Waals surface area contributed by atoms with Crippen molar-refractivity contribution >= 4 is 11.9 Å². The minimum absolute atomic E-state index is 0.126. The van der Waals surface area contributed by atoms with Gasteiger partial charge in [0.1, 0.15) is 5.75 Å². The number of aliphatic imine (C=N–C) groups is 1. The summed E-state index contributed by atoms with van der Waals surface area (Å²) in [6.07, 6.45) is -2.88. The van der Waals surface area contributed by atoms with Gasteiger partial charge in [-0.05, 0) is 36.8 Å². The van der Waals surface area contributed by atoms with Crippen LogP contribution in [0.5, 0.6) is 5.75 Å². The van der Waals surface area contributed by atoms with Crippen LogP contribution >= 0.6 is 0 Å². The summed E-state index contributed by atoms with van der Waals surface area (Å²) in [5, 5.41) is 3.25. The normalized spacial score (nSPS) is 15.2. The molecule has 7 nitrogen and oxygen atoms in total. The van der Waals surface area contributed by atoms with E-state index in [9.17, 15) is 18.0 Å². The van der Waals surface area contributed by atoms with Gasteiger partial charge in [0.15, 0.2) is 18.3 Å². The molecule has 0 spiro atoms. The van der Waals surface area contributed by atoms with Crippen LogP contribution in [0.25, 0.3) is 0 Å². The Balaban J connectivity index is 1.55. The fourth-order valence-corrected chi connectivity index (χ4v) is 3.13. The Morgan fingerprint density at radius 2 is 1.81 bits per heavy atom. The van der Waals surface area contributed by atoms with Crippen LogP contribution in [0.15, 0.2) is 52.1 Å². The molecule has 0 unspecified atom stereocenters. The molecule has 1 aliphatic rings. The van der Waals surface area contributed by atoms with Crippen LogP contribution in [0.2, 0.25) is 0 Å². The molecule has 0 aliphatic carbocycles. The molecule has 1 fully saturated rings. The van der Waals surface area contributed by atoms with E-state index in [0.717, 1.165) is 11.5 Å². The fraction of sp³-hybridized carbons (Fsp3) is 0.429. The van der Waals surface area contributed by atoms with Gasteiger partial charge in [0, 0.05) is 32.7 Å². The number of carbonyl (C=O) groups excluding carboxylic acids is 1. The summed E-state index contributed by atoms with van der Waals surface area (Å²) in [5.41, 5.74) is 0.849. The molecular weight excluding hydrogens is 413 g/mol. The van der Waals surface area contributed by atoms with E-state index in [-0.39, 0.29) is 11.7 Å². The average molecular weight is 438 g/mol. The molecule has 0 saturated carbocycles. The Kier molecular flexibility index (Phi) is 7.43. The highest BCUT2D eigenvalue weighted by Crippen LogP contribution is 2.19. The van der Waals surface area contributed by atoms with Crippen molar-refractivity contribution in [1.29, 1.82) is 0 Å². The number of alkyl halides is 3. The molecule has 2 aromatic rings. The third-order valence-electron chi connectivity index (χ3n) is 4.67. The summed E-state index contributed by atoms with van der Waals surface area (Å²) < 4.78 is 46.6. The molecule has 1 N–H and O–H groups in total. The Labute approximate surface area is 178 Å². The second-order valence-corrected chi connectivity index (χ2v) is 6.97. The summed E-state index contributed by atoms with van der Waals surface area (Å²) in [7, 11) is 0. The van der Waals surface area contributed by atoms with Crippen molar-refractivity contribution in [2.24, 2.45) is 4.99 Å². The lowest BCUT2D eigenvalue weighted by molar-refractivity contribution is -0.153. The zero-order valence-electron chi connectivity index (χ0n) is 17.2. The summed E-state index contributed by atoms with van der Waals surface area (Å²) in [6.45, 7) is 4.07. The largest absolute Gasteiger partial charge is 0.484 e. The van der Waals surface area contributed by atoms with Crippen molar-refractivity contribution in [2.75, 3.05) is 39.3 Å². The van der Waals surface area contributed by atoms with Gasteiger partial charge < -0.3 is 24.3 Å². The number of nitrogens with one attached hydrogen (secondary N) is 1. The van der Waals surface area contributed by atoms with Crippen molar-refractivity contribution in [2.45, 2.75) is 19.6 Å². The Morgan fingerprint density at radius 1 is 1.13 bits per heavy atom. The first-order valence-electron chi connectivity index (χ1n) is 10.0. The highest BCUT2D eigenvalue weighted by molar-refractivity contribution is 5.91. The first kappa shape index (κ1) is 22.5. The van der Waals surface area contributed by atoms with Crippen molar-refractivity contribution < 1.29 is 27.1 Å². The van der Waals surface area contributed by atoms with E-state index in [1.807, 2.05) is 6.92 Å². The van der Waals surface area contributed by atoms with Gasteiger partial charge in [0.05, 0.1) is 12.8 Å². The molecule has 1 aromatic heterocycles. The maximum atomic E-state index is 12.4. The number of piperazine rings is 1. The van der Waals surface area contributed by atoms with E-state index in [4.69, 9.17) is 9.15 Å². The molecule has 1 amide bonds. The highest BCUT2D eigenvalue weighted by atomic mass is 19.4. The van der Waals surface area contributed by atoms with Crippen molar-refractivity contribution in [3.63, 3.8) is 0 Å². The van der Waals surface area contributed by atoms with E-state index in [1.165, 1.54) is 18.4 Å². The quantitative estimate of drug-likeness (QED) is 0.554. The van der Waals surface area contributed by atoms with Gasteiger partial charge >= 0.3 is 6.18 Å². The van der Waals surface area contributed by atoms with Crippen molar-refractivity contribution in [1.82, 2.24) is 15.1 Å². The smallest absolute Gasteiger partial charge is 0.422 e. The molecular formula is C21H25F3N4O3. The monoisotopic (exact) mass is 438 g/mol. The molecule has 168 valence electrons. The topological polar surface area (TPSA) is 70.3 Å². The Morgan fingerprint density at radius 3 is 2.39 bits per heavy atom. The molecule has 1 saturated heterocycles. The van der Waals surface area contributed by atoms with Crippen LogP contribution in [0.1, 0.15) is 23.0 Å². The van der Waals surface area contributed by atoms with Gasteiger partial charge in [-0.2, -0.15) is 13.2 Å². The maximum Gasteiger partial charge on any atom is 0.422 e. The first-order chi connectivity index (χ1) is 14.9. The van der Waals surface area contributed by atoms with Crippen LogP contribution in [0, 0.1) is 0 Å².